The Balaban J connectivity index is 2.29. The molecular formula is C33H44ClN5O9. The SMILES string of the molecule is CC(C)C[C@H](NC(=O)[C@@H](NC(=O)[C@@H](N)CCC(=O)O)C(C)C)C(=O)N[C@@H](Cc1ccccc1)[C@@H](O)C(=O)Nc1ccc(Cl)c(C(=O)O)c1. The maximum atomic E-state index is 13.7. The number of benzene rings is 2. The van der Waals surface area contributed by atoms with Gasteiger partial charge < -0.3 is 42.3 Å². The van der Waals surface area contributed by atoms with E-state index in [9.17, 15) is 39.0 Å². The molecule has 0 aliphatic heterocycles. The maximum Gasteiger partial charge on any atom is 0.337 e. The summed E-state index contributed by atoms with van der Waals surface area (Å²) in [5.74, 6) is -5.99. The molecule has 0 saturated carbocycles. The molecule has 15 heteroatoms. The van der Waals surface area contributed by atoms with Crippen LogP contribution in [0.4, 0.5) is 5.69 Å². The van der Waals surface area contributed by atoms with Crippen molar-refractivity contribution in [2.75, 3.05) is 5.32 Å². The number of halogens is 1. The molecule has 2 rings (SSSR count). The predicted octanol–water partition coefficient (Wildman–Crippen LogP) is 1.93. The number of carbonyl (C=O) groups excluding carboxylic acids is 4. The molecule has 14 nitrogen and oxygen atoms in total. The number of rotatable bonds is 18. The highest BCUT2D eigenvalue weighted by atomic mass is 35.5. The number of carbonyl (C=O) groups is 6. The van der Waals surface area contributed by atoms with Crippen molar-refractivity contribution >= 4 is 52.9 Å². The molecule has 5 atom stereocenters. The highest BCUT2D eigenvalue weighted by Gasteiger charge is 2.34. The molecule has 0 unspecified atom stereocenters. The van der Waals surface area contributed by atoms with Gasteiger partial charge in [0.1, 0.15) is 12.1 Å². The van der Waals surface area contributed by atoms with Crippen molar-refractivity contribution in [1.82, 2.24) is 16.0 Å². The van der Waals surface area contributed by atoms with E-state index in [0.29, 0.717) is 5.56 Å². The highest BCUT2D eigenvalue weighted by molar-refractivity contribution is 6.33. The molecule has 0 bridgehead atoms. The minimum Gasteiger partial charge on any atom is -0.481 e. The molecule has 2 aromatic rings. The molecule has 0 aliphatic rings. The molecule has 0 aromatic heterocycles. The highest BCUT2D eigenvalue weighted by Crippen LogP contribution is 2.21. The van der Waals surface area contributed by atoms with Crippen molar-refractivity contribution < 1.29 is 44.1 Å². The number of aliphatic carboxylic acids is 1. The zero-order valence-electron chi connectivity index (χ0n) is 27.2. The van der Waals surface area contributed by atoms with E-state index in [1.54, 1.807) is 44.2 Å². The molecule has 9 N–H and O–H groups in total. The van der Waals surface area contributed by atoms with Crippen LogP contribution in [0.5, 0.6) is 0 Å². The Morgan fingerprint density at radius 3 is 2.04 bits per heavy atom. The number of hydrogen-bond donors (Lipinski definition) is 8. The van der Waals surface area contributed by atoms with Crippen LogP contribution >= 0.6 is 11.6 Å². The first-order valence-corrected chi connectivity index (χ1v) is 15.8. The lowest BCUT2D eigenvalue weighted by atomic mass is 9.97. The van der Waals surface area contributed by atoms with Gasteiger partial charge in [0.25, 0.3) is 5.91 Å². The van der Waals surface area contributed by atoms with E-state index in [4.69, 9.17) is 22.4 Å². The van der Waals surface area contributed by atoms with E-state index < -0.39 is 71.8 Å². The molecule has 0 radical (unpaired) electrons. The standard InChI is InChI=1S/C33H44ClN5O9/c1-17(2)14-25(38-31(45)27(18(3)4)39-29(43)23(35)12-13-26(40)41)30(44)37-24(15-19-8-6-5-7-9-19)28(42)32(46)36-20-10-11-22(34)21(16-20)33(47)48/h5-11,16-18,23-25,27-28,42H,12-15,35H2,1-4H3,(H,36,46)(H,37,44)(H,38,45)(H,39,43)(H,40,41)(H,47,48)/t23-,24-,25-,27-,28+/m0/s1. The lowest BCUT2D eigenvalue weighted by molar-refractivity contribution is -0.137. The second-order valence-corrected chi connectivity index (χ2v) is 12.6. The summed E-state index contributed by atoms with van der Waals surface area (Å²) in [4.78, 5) is 75.3. The summed E-state index contributed by atoms with van der Waals surface area (Å²) in [6.07, 6.45) is -2.10. The van der Waals surface area contributed by atoms with Gasteiger partial charge in [-0.05, 0) is 54.9 Å². The number of nitrogens with one attached hydrogen (secondary N) is 4. The van der Waals surface area contributed by atoms with Gasteiger partial charge in [0.2, 0.25) is 17.7 Å². The summed E-state index contributed by atoms with van der Waals surface area (Å²) in [7, 11) is 0. The normalized spacial score (nSPS) is 14.3. The van der Waals surface area contributed by atoms with Crippen LogP contribution in [0.2, 0.25) is 5.02 Å². The lowest BCUT2D eigenvalue weighted by Gasteiger charge is -2.29. The van der Waals surface area contributed by atoms with Crippen LogP contribution in [0.15, 0.2) is 48.5 Å². The Morgan fingerprint density at radius 1 is 0.833 bits per heavy atom. The monoisotopic (exact) mass is 689 g/mol. The summed E-state index contributed by atoms with van der Waals surface area (Å²) in [5, 5.41) is 39.7. The van der Waals surface area contributed by atoms with Gasteiger partial charge in [0.05, 0.1) is 22.7 Å². The van der Waals surface area contributed by atoms with Crippen molar-refractivity contribution in [3.63, 3.8) is 0 Å². The van der Waals surface area contributed by atoms with Gasteiger partial charge in [-0.2, -0.15) is 0 Å². The van der Waals surface area contributed by atoms with E-state index in [0.717, 1.165) is 6.07 Å². The minimum atomic E-state index is -1.82. The van der Waals surface area contributed by atoms with Crippen LogP contribution in [0, 0.1) is 11.8 Å². The van der Waals surface area contributed by atoms with E-state index in [1.807, 2.05) is 13.8 Å². The summed E-state index contributed by atoms with van der Waals surface area (Å²) in [6.45, 7) is 7.01. The zero-order valence-corrected chi connectivity index (χ0v) is 28.0. The van der Waals surface area contributed by atoms with Gasteiger partial charge in [0, 0.05) is 12.1 Å². The molecule has 0 spiro atoms. The number of anilines is 1. The number of carboxylic acid groups (broad SMARTS) is 2. The fourth-order valence-electron chi connectivity index (χ4n) is 4.73. The average molecular weight is 690 g/mol. The number of aliphatic hydroxyl groups is 1. The topological polar surface area (TPSA) is 237 Å². The Bertz CT molecular complexity index is 1450. The molecular weight excluding hydrogens is 646 g/mol. The lowest BCUT2D eigenvalue weighted by Crippen LogP contribution is -2.59. The zero-order chi connectivity index (χ0) is 36.1. The van der Waals surface area contributed by atoms with Crippen LogP contribution < -0.4 is 27.0 Å². The summed E-state index contributed by atoms with van der Waals surface area (Å²) >= 11 is 5.92. The van der Waals surface area contributed by atoms with Gasteiger partial charge in [-0.3, -0.25) is 24.0 Å². The smallest absolute Gasteiger partial charge is 0.337 e. The molecule has 0 fully saturated rings. The van der Waals surface area contributed by atoms with Crippen LogP contribution in [0.25, 0.3) is 0 Å². The number of hydrogen-bond acceptors (Lipinski definition) is 8. The number of aromatic carboxylic acids is 1. The molecule has 0 aliphatic carbocycles. The third-order valence-electron chi connectivity index (χ3n) is 7.33. The molecule has 4 amide bonds. The van der Waals surface area contributed by atoms with Gasteiger partial charge in [-0.15, -0.1) is 0 Å². The van der Waals surface area contributed by atoms with Crippen LogP contribution in [-0.4, -0.2) is 81.2 Å². The first-order valence-electron chi connectivity index (χ1n) is 15.4. The first kappa shape index (κ1) is 39.6. The van der Waals surface area contributed by atoms with Crippen molar-refractivity contribution in [2.24, 2.45) is 17.6 Å². The van der Waals surface area contributed by atoms with Crippen molar-refractivity contribution in [3.8, 4) is 0 Å². The van der Waals surface area contributed by atoms with Crippen LogP contribution in [0.1, 0.15) is 62.9 Å². The molecule has 2 aromatic carbocycles. The molecule has 0 heterocycles. The number of carboxylic acids is 2. The fraction of sp³-hybridized carbons (Fsp3) is 0.455. The second-order valence-electron chi connectivity index (χ2n) is 12.2. The first-order chi connectivity index (χ1) is 22.5. The predicted molar refractivity (Wildman–Crippen MR) is 178 cm³/mol. The van der Waals surface area contributed by atoms with Crippen molar-refractivity contribution in [3.05, 3.63) is 64.7 Å². The van der Waals surface area contributed by atoms with E-state index in [2.05, 4.69) is 21.3 Å². The van der Waals surface area contributed by atoms with Gasteiger partial charge >= 0.3 is 11.9 Å². The molecule has 262 valence electrons. The largest absolute Gasteiger partial charge is 0.481 e. The summed E-state index contributed by atoms with van der Waals surface area (Å²) in [6, 6.07) is 7.93. The Morgan fingerprint density at radius 2 is 1.48 bits per heavy atom. The average Bonchev–Trinajstić information content (AvgIpc) is 3.01. The Kier molecular flexibility index (Phi) is 15.5. The Labute approximate surface area is 283 Å². The summed E-state index contributed by atoms with van der Waals surface area (Å²) in [5.41, 5.74) is 6.29. The third-order valence-corrected chi connectivity index (χ3v) is 7.66. The minimum absolute atomic E-state index is 0.0173. The van der Waals surface area contributed by atoms with Crippen LogP contribution in [0.3, 0.4) is 0 Å². The fourth-order valence-corrected chi connectivity index (χ4v) is 4.93. The van der Waals surface area contributed by atoms with Gasteiger partial charge in [-0.25, -0.2) is 4.79 Å². The molecule has 0 saturated heterocycles. The molecule has 48 heavy (non-hydrogen) atoms. The van der Waals surface area contributed by atoms with Crippen molar-refractivity contribution in [2.45, 2.75) is 83.6 Å². The third kappa shape index (κ3) is 12.6. The maximum absolute atomic E-state index is 13.7. The van der Waals surface area contributed by atoms with Crippen molar-refractivity contribution in [1.29, 1.82) is 0 Å². The van der Waals surface area contributed by atoms with E-state index >= 15 is 0 Å². The number of aliphatic hydroxyl groups excluding tert-OH is 1. The number of nitrogens with two attached hydrogens (primary N) is 1. The number of amides is 4. The summed E-state index contributed by atoms with van der Waals surface area (Å²) < 4.78 is 0. The van der Waals surface area contributed by atoms with E-state index in [1.165, 1.54) is 12.1 Å². The van der Waals surface area contributed by atoms with Gasteiger partial charge in [0.15, 0.2) is 6.10 Å². The quantitative estimate of drug-likeness (QED) is 0.113. The van der Waals surface area contributed by atoms with Gasteiger partial charge in [-0.1, -0.05) is 69.6 Å². The van der Waals surface area contributed by atoms with Crippen LogP contribution in [-0.2, 0) is 30.4 Å². The second kappa shape index (κ2) is 18.7. The van der Waals surface area contributed by atoms with E-state index in [-0.39, 0.29) is 47.9 Å². The Hall–Kier alpha value is -4.53.